The van der Waals surface area contributed by atoms with Gasteiger partial charge in [0.05, 0.1) is 4.88 Å². The van der Waals surface area contributed by atoms with Crippen LogP contribution in [0.1, 0.15) is 44.1 Å². The predicted octanol–water partition coefficient (Wildman–Crippen LogP) is 3.89. The summed E-state index contributed by atoms with van der Waals surface area (Å²) >= 11 is 1.54. The normalized spacial score (nSPS) is 17.8. The number of nitrogens with zero attached hydrogens (tertiary/aromatic N) is 2. The Balaban J connectivity index is 1.64. The van der Waals surface area contributed by atoms with Crippen molar-refractivity contribution in [1.29, 1.82) is 0 Å². The summed E-state index contributed by atoms with van der Waals surface area (Å²) in [5, 5.41) is 5.04. The summed E-state index contributed by atoms with van der Waals surface area (Å²) < 4.78 is 5.44. The number of likely N-dealkylation sites (tertiary alicyclic amines) is 1. The molecule has 1 amide bonds. The molecule has 136 valence electrons. The molecule has 0 radical (unpaired) electrons. The molecule has 0 bridgehead atoms. The Morgan fingerprint density at radius 3 is 2.84 bits per heavy atom. The Morgan fingerprint density at radius 2 is 2.20 bits per heavy atom. The summed E-state index contributed by atoms with van der Waals surface area (Å²) in [6.45, 7) is 9.64. The molecule has 25 heavy (non-hydrogen) atoms. The van der Waals surface area contributed by atoms with Crippen molar-refractivity contribution in [2.24, 2.45) is 11.8 Å². The number of piperidine rings is 1. The van der Waals surface area contributed by atoms with E-state index >= 15 is 0 Å². The van der Waals surface area contributed by atoms with E-state index in [0.29, 0.717) is 30.0 Å². The summed E-state index contributed by atoms with van der Waals surface area (Å²) in [7, 11) is 0. The highest BCUT2D eigenvalue weighted by atomic mass is 32.1. The van der Waals surface area contributed by atoms with Crippen LogP contribution in [0.4, 0.5) is 0 Å². The van der Waals surface area contributed by atoms with Gasteiger partial charge in [0.15, 0.2) is 17.8 Å². The van der Waals surface area contributed by atoms with Gasteiger partial charge >= 0.3 is 0 Å². The molecule has 0 unspecified atom stereocenters. The number of carbonyl (C=O) groups is 1. The van der Waals surface area contributed by atoms with Gasteiger partial charge in [-0.15, -0.1) is 11.3 Å². The van der Waals surface area contributed by atoms with Crippen LogP contribution in [0.15, 0.2) is 28.3 Å². The van der Waals surface area contributed by atoms with Gasteiger partial charge in [-0.25, -0.2) is 4.98 Å². The zero-order chi connectivity index (χ0) is 17.8. The quantitative estimate of drug-likeness (QED) is 0.848. The lowest BCUT2D eigenvalue weighted by atomic mass is 9.94. The molecule has 1 N–H and O–H groups in total. The number of hydrogen-bond acceptors (Lipinski definition) is 5. The monoisotopic (exact) mass is 361 g/mol. The van der Waals surface area contributed by atoms with Gasteiger partial charge in [-0.3, -0.25) is 9.69 Å². The van der Waals surface area contributed by atoms with Gasteiger partial charge in [0.2, 0.25) is 0 Å². The number of rotatable bonds is 6. The predicted molar refractivity (Wildman–Crippen MR) is 101 cm³/mol. The van der Waals surface area contributed by atoms with Crippen LogP contribution in [0, 0.1) is 11.8 Å². The molecule has 5 nitrogen and oxygen atoms in total. The van der Waals surface area contributed by atoms with Crippen LogP contribution in [0.25, 0.3) is 10.6 Å². The number of hydrogen-bond donors (Lipinski definition) is 1. The lowest BCUT2D eigenvalue weighted by molar-refractivity contribution is 0.0859. The minimum atomic E-state index is -0.159. The van der Waals surface area contributed by atoms with E-state index in [1.54, 1.807) is 11.3 Å². The van der Waals surface area contributed by atoms with E-state index in [2.05, 4.69) is 36.0 Å². The van der Waals surface area contributed by atoms with Crippen LogP contribution in [-0.4, -0.2) is 41.5 Å². The van der Waals surface area contributed by atoms with Crippen LogP contribution in [0.2, 0.25) is 0 Å². The van der Waals surface area contributed by atoms with Gasteiger partial charge in [-0.05, 0) is 49.2 Å². The van der Waals surface area contributed by atoms with Gasteiger partial charge in [-0.2, -0.15) is 0 Å². The second kappa shape index (κ2) is 8.15. The zero-order valence-electron chi connectivity index (χ0n) is 15.2. The van der Waals surface area contributed by atoms with Crippen molar-refractivity contribution in [2.75, 3.05) is 19.6 Å². The number of carbonyl (C=O) groups excluding carboxylic acids is 1. The third kappa shape index (κ3) is 4.30. The van der Waals surface area contributed by atoms with Crippen molar-refractivity contribution in [3.63, 3.8) is 0 Å². The lowest BCUT2D eigenvalue weighted by Crippen LogP contribution is -2.49. The van der Waals surface area contributed by atoms with E-state index < -0.39 is 0 Å². The fourth-order valence-electron chi connectivity index (χ4n) is 3.42. The Kier molecular flexibility index (Phi) is 5.91. The first kappa shape index (κ1) is 18.1. The van der Waals surface area contributed by atoms with E-state index in [0.717, 1.165) is 23.9 Å². The summed E-state index contributed by atoms with van der Waals surface area (Å²) in [6.07, 6.45) is 3.82. The second-order valence-corrected chi connectivity index (χ2v) is 8.19. The fourth-order valence-corrected chi connectivity index (χ4v) is 4.13. The summed E-state index contributed by atoms with van der Waals surface area (Å²) in [6, 6.07) is 4.23. The highest BCUT2D eigenvalue weighted by Gasteiger charge is 2.27. The van der Waals surface area contributed by atoms with Crippen molar-refractivity contribution in [1.82, 2.24) is 15.2 Å². The average Bonchev–Trinajstić information content (AvgIpc) is 3.27. The Labute approximate surface area is 153 Å². The molecule has 0 spiro atoms. The minimum absolute atomic E-state index is 0.159. The first-order valence-corrected chi connectivity index (χ1v) is 9.93. The van der Waals surface area contributed by atoms with Crippen LogP contribution in [0.5, 0.6) is 0 Å². The third-order valence-corrected chi connectivity index (χ3v) is 5.92. The highest BCUT2D eigenvalue weighted by Crippen LogP contribution is 2.27. The van der Waals surface area contributed by atoms with Crippen molar-refractivity contribution in [2.45, 2.75) is 39.7 Å². The molecule has 1 aliphatic heterocycles. The Morgan fingerprint density at radius 1 is 1.44 bits per heavy atom. The molecule has 2 aromatic rings. The number of aromatic nitrogens is 1. The molecule has 1 fully saturated rings. The van der Waals surface area contributed by atoms with Gasteiger partial charge in [0, 0.05) is 12.6 Å². The molecule has 3 heterocycles. The van der Waals surface area contributed by atoms with Gasteiger partial charge in [0.25, 0.3) is 5.91 Å². The molecule has 2 aromatic heterocycles. The third-order valence-electron chi connectivity index (χ3n) is 5.06. The minimum Gasteiger partial charge on any atom is -0.442 e. The van der Waals surface area contributed by atoms with Crippen molar-refractivity contribution >= 4 is 17.2 Å². The van der Waals surface area contributed by atoms with Crippen molar-refractivity contribution in [3.8, 4) is 10.6 Å². The van der Waals surface area contributed by atoms with E-state index in [9.17, 15) is 4.79 Å². The number of nitrogens with one attached hydrogen (secondary N) is 1. The molecular formula is C19H27N3O2S. The van der Waals surface area contributed by atoms with Crippen LogP contribution in [0.3, 0.4) is 0 Å². The maximum atomic E-state index is 12.6. The zero-order valence-corrected chi connectivity index (χ0v) is 16.0. The lowest BCUT2D eigenvalue weighted by Gasteiger charge is -2.38. The van der Waals surface area contributed by atoms with Crippen LogP contribution in [-0.2, 0) is 0 Å². The molecular weight excluding hydrogens is 334 g/mol. The van der Waals surface area contributed by atoms with Gasteiger partial charge in [-0.1, -0.05) is 26.8 Å². The van der Waals surface area contributed by atoms with E-state index in [4.69, 9.17) is 4.42 Å². The SMILES string of the molecule is CC1CCN([C@H](CNC(=O)c2ncoc2-c2cccs2)C(C)C)CC1. The molecule has 1 atom stereocenters. The summed E-state index contributed by atoms with van der Waals surface area (Å²) in [5.74, 6) is 1.69. The van der Waals surface area contributed by atoms with Crippen LogP contribution < -0.4 is 5.32 Å². The smallest absolute Gasteiger partial charge is 0.274 e. The fraction of sp³-hybridized carbons (Fsp3) is 0.579. The van der Waals surface area contributed by atoms with Crippen molar-refractivity contribution < 1.29 is 9.21 Å². The molecule has 3 rings (SSSR count). The number of oxazole rings is 1. The largest absolute Gasteiger partial charge is 0.442 e. The van der Waals surface area contributed by atoms with E-state index in [1.165, 1.54) is 19.2 Å². The average molecular weight is 362 g/mol. The van der Waals surface area contributed by atoms with Gasteiger partial charge < -0.3 is 9.73 Å². The number of thiophene rings is 1. The molecule has 0 saturated carbocycles. The standard InChI is InChI=1S/C19H27N3O2S/c1-13(2)15(22-8-6-14(3)7-9-22)11-20-19(23)17-18(24-12-21-17)16-5-4-10-25-16/h4-5,10,12-15H,6-9,11H2,1-3H3,(H,20,23)/t15-/m1/s1. The van der Waals surface area contributed by atoms with Crippen molar-refractivity contribution in [3.05, 3.63) is 29.6 Å². The molecule has 1 aliphatic rings. The molecule has 0 aliphatic carbocycles. The Bertz CT molecular complexity index is 673. The maximum absolute atomic E-state index is 12.6. The molecule has 0 aromatic carbocycles. The molecule has 6 heteroatoms. The van der Waals surface area contributed by atoms with Crippen LogP contribution >= 0.6 is 11.3 Å². The molecule has 1 saturated heterocycles. The second-order valence-electron chi connectivity index (χ2n) is 7.25. The first-order chi connectivity index (χ1) is 12.1. The van der Waals surface area contributed by atoms with E-state index in [-0.39, 0.29) is 5.91 Å². The highest BCUT2D eigenvalue weighted by molar-refractivity contribution is 7.13. The maximum Gasteiger partial charge on any atom is 0.274 e. The topological polar surface area (TPSA) is 58.4 Å². The summed E-state index contributed by atoms with van der Waals surface area (Å²) in [5.41, 5.74) is 0.372. The van der Waals surface area contributed by atoms with E-state index in [1.807, 2.05) is 17.5 Å². The first-order valence-electron chi connectivity index (χ1n) is 9.06. The summed E-state index contributed by atoms with van der Waals surface area (Å²) in [4.78, 5) is 20.2. The number of amides is 1. The Hall–Kier alpha value is -1.66. The van der Waals surface area contributed by atoms with Gasteiger partial charge in [0.1, 0.15) is 0 Å².